The molecule has 1 aromatic heterocycles. The Kier molecular flexibility index (Phi) is 4.00. The van der Waals surface area contributed by atoms with E-state index in [-0.39, 0.29) is 5.82 Å². The number of nitrogens with zero attached hydrogens (tertiary/aromatic N) is 2. The Bertz CT molecular complexity index is 960. The number of halogens is 1. The van der Waals surface area contributed by atoms with Crippen LogP contribution in [0.4, 0.5) is 4.39 Å². The lowest BCUT2D eigenvalue weighted by Crippen LogP contribution is -2.32. The average Bonchev–Trinajstić information content (AvgIpc) is 3.05. The van der Waals surface area contributed by atoms with Gasteiger partial charge in [0.1, 0.15) is 5.82 Å². The summed E-state index contributed by atoms with van der Waals surface area (Å²) < 4.78 is 15.0. The minimum atomic E-state index is -0.595. The lowest BCUT2D eigenvalue weighted by atomic mass is 9.68. The van der Waals surface area contributed by atoms with Gasteiger partial charge in [-0.05, 0) is 54.8 Å². The van der Waals surface area contributed by atoms with Crippen LogP contribution in [0.15, 0.2) is 66.4 Å². The predicted octanol–water partition coefficient (Wildman–Crippen LogP) is 4.71. The fraction of sp³-hybridized carbons (Fsp3) is 0.227. The van der Waals surface area contributed by atoms with E-state index < -0.39 is 11.5 Å². The Hall–Kier alpha value is -2.72. The average molecular weight is 348 g/mol. The third kappa shape index (κ3) is 2.67. The van der Waals surface area contributed by atoms with Crippen LogP contribution >= 0.6 is 0 Å². The summed E-state index contributed by atoms with van der Waals surface area (Å²) in [6, 6.07) is 16.1. The maximum absolute atomic E-state index is 13.2. The summed E-state index contributed by atoms with van der Waals surface area (Å²) in [6.45, 7) is 4.14. The van der Waals surface area contributed by atoms with Crippen LogP contribution in [0.1, 0.15) is 36.8 Å². The fourth-order valence-corrected chi connectivity index (χ4v) is 3.69. The van der Waals surface area contributed by atoms with Gasteiger partial charge in [0.05, 0.1) is 23.7 Å². The second-order valence-corrected chi connectivity index (χ2v) is 7.18. The first kappa shape index (κ1) is 16.7. The van der Waals surface area contributed by atoms with Gasteiger partial charge in [-0.2, -0.15) is 5.10 Å². The van der Waals surface area contributed by atoms with Crippen molar-refractivity contribution in [2.24, 2.45) is 5.41 Å². The minimum Gasteiger partial charge on any atom is -0.387 e. The first-order chi connectivity index (χ1) is 12.5. The number of hydrogen-bond acceptors (Lipinski definition) is 2. The molecule has 0 radical (unpaired) electrons. The summed E-state index contributed by atoms with van der Waals surface area (Å²) in [7, 11) is 0. The normalized spacial score (nSPS) is 20.4. The quantitative estimate of drug-likeness (QED) is 0.744. The van der Waals surface area contributed by atoms with E-state index in [4.69, 9.17) is 0 Å². The summed E-state index contributed by atoms with van der Waals surface area (Å²) in [5.41, 5.74) is 4.51. The zero-order valence-electron chi connectivity index (χ0n) is 14.9. The molecule has 3 aromatic rings. The van der Waals surface area contributed by atoms with Gasteiger partial charge >= 0.3 is 0 Å². The van der Waals surface area contributed by atoms with Crippen molar-refractivity contribution in [1.82, 2.24) is 9.78 Å². The molecular weight excluding hydrogens is 327 g/mol. The van der Waals surface area contributed by atoms with E-state index in [0.29, 0.717) is 6.42 Å². The number of hydrogen-bond donors (Lipinski definition) is 1. The lowest BCUT2D eigenvalue weighted by molar-refractivity contribution is 0.0615. The number of fused-ring (bicyclic) bond motifs is 1. The molecule has 1 aliphatic carbocycles. The van der Waals surface area contributed by atoms with Crippen LogP contribution in [0, 0.1) is 11.2 Å². The Morgan fingerprint density at radius 3 is 2.50 bits per heavy atom. The summed E-state index contributed by atoms with van der Waals surface area (Å²) in [5, 5.41) is 15.5. The summed E-state index contributed by atoms with van der Waals surface area (Å²) in [5.74, 6) is -0.264. The molecule has 132 valence electrons. The summed E-state index contributed by atoms with van der Waals surface area (Å²) >= 11 is 0. The number of rotatable bonds is 3. The highest BCUT2D eigenvalue weighted by atomic mass is 19.1. The van der Waals surface area contributed by atoms with E-state index in [1.54, 1.807) is 12.1 Å². The molecule has 4 heteroatoms. The van der Waals surface area contributed by atoms with Crippen molar-refractivity contribution >= 4 is 6.08 Å². The van der Waals surface area contributed by atoms with Crippen molar-refractivity contribution in [2.45, 2.75) is 26.4 Å². The van der Waals surface area contributed by atoms with Gasteiger partial charge in [-0.3, -0.25) is 0 Å². The summed E-state index contributed by atoms with van der Waals surface area (Å²) in [4.78, 5) is 0. The molecule has 0 saturated heterocycles. The third-order valence-corrected chi connectivity index (χ3v) is 5.49. The number of benzene rings is 2. The molecule has 2 aromatic carbocycles. The Morgan fingerprint density at radius 1 is 1.12 bits per heavy atom. The standard InChI is InChI=1S/C22H21FN2O/c1-15-12-20-17(14-24-25(20)19-10-8-18(23)9-11-19)13-22(15,2)21(26)16-6-4-3-5-7-16/h3-12,14,21,26H,13H2,1-2H3/t21-,22+/m1/s1. The molecule has 0 aliphatic heterocycles. The first-order valence-corrected chi connectivity index (χ1v) is 8.74. The first-order valence-electron chi connectivity index (χ1n) is 8.74. The second kappa shape index (κ2) is 6.22. The zero-order valence-corrected chi connectivity index (χ0v) is 14.9. The van der Waals surface area contributed by atoms with Gasteiger partial charge in [0, 0.05) is 5.41 Å². The number of aromatic nitrogens is 2. The predicted molar refractivity (Wildman–Crippen MR) is 100 cm³/mol. The van der Waals surface area contributed by atoms with Crippen LogP contribution in [-0.2, 0) is 6.42 Å². The van der Waals surface area contributed by atoms with Gasteiger partial charge in [-0.1, -0.05) is 42.8 Å². The molecular formula is C22H21FN2O. The van der Waals surface area contributed by atoms with Crippen molar-refractivity contribution in [3.8, 4) is 5.69 Å². The summed E-state index contributed by atoms with van der Waals surface area (Å²) in [6.07, 6.45) is 4.03. The number of aliphatic hydroxyl groups is 1. The Balaban J connectivity index is 1.73. The van der Waals surface area contributed by atoms with E-state index in [9.17, 15) is 9.50 Å². The molecule has 0 amide bonds. The van der Waals surface area contributed by atoms with Crippen molar-refractivity contribution in [3.63, 3.8) is 0 Å². The topological polar surface area (TPSA) is 38.0 Å². The molecule has 1 heterocycles. The van der Waals surface area contributed by atoms with Gasteiger partial charge in [-0.15, -0.1) is 0 Å². The minimum absolute atomic E-state index is 0.264. The Labute approximate surface area is 152 Å². The van der Waals surface area contributed by atoms with Gasteiger partial charge in [0.2, 0.25) is 0 Å². The Morgan fingerprint density at radius 2 is 1.81 bits per heavy atom. The van der Waals surface area contributed by atoms with Crippen LogP contribution in [0.2, 0.25) is 0 Å². The van der Waals surface area contributed by atoms with Crippen LogP contribution in [-0.4, -0.2) is 14.9 Å². The van der Waals surface area contributed by atoms with Crippen LogP contribution in [0.25, 0.3) is 11.8 Å². The molecule has 3 nitrogen and oxygen atoms in total. The largest absolute Gasteiger partial charge is 0.387 e. The van der Waals surface area contributed by atoms with Crippen molar-refractivity contribution < 1.29 is 9.50 Å². The van der Waals surface area contributed by atoms with E-state index in [0.717, 1.165) is 28.1 Å². The highest BCUT2D eigenvalue weighted by Gasteiger charge is 2.39. The van der Waals surface area contributed by atoms with Gasteiger partial charge in [0.15, 0.2) is 0 Å². The molecule has 0 spiro atoms. The van der Waals surface area contributed by atoms with E-state index in [1.165, 1.54) is 12.1 Å². The molecule has 0 fully saturated rings. The second-order valence-electron chi connectivity index (χ2n) is 7.18. The monoisotopic (exact) mass is 348 g/mol. The van der Waals surface area contributed by atoms with Gasteiger partial charge in [-0.25, -0.2) is 9.07 Å². The molecule has 1 N–H and O–H groups in total. The molecule has 0 unspecified atom stereocenters. The van der Waals surface area contributed by atoms with Crippen molar-refractivity contribution in [3.05, 3.63) is 89.0 Å². The number of aliphatic hydroxyl groups excluding tert-OH is 1. The molecule has 1 aliphatic rings. The molecule has 0 bridgehead atoms. The zero-order chi connectivity index (χ0) is 18.3. The molecule has 4 rings (SSSR count). The highest BCUT2D eigenvalue weighted by molar-refractivity contribution is 5.60. The van der Waals surface area contributed by atoms with Crippen LogP contribution in [0.5, 0.6) is 0 Å². The molecule has 26 heavy (non-hydrogen) atoms. The SMILES string of the molecule is CC1=Cc2c(cnn2-c2ccc(F)cc2)C[C@]1(C)[C@H](O)c1ccccc1. The fourth-order valence-electron chi connectivity index (χ4n) is 3.69. The maximum atomic E-state index is 13.2. The highest BCUT2D eigenvalue weighted by Crippen LogP contribution is 2.47. The third-order valence-electron chi connectivity index (χ3n) is 5.49. The van der Waals surface area contributed by atoms with Crippen LogP contribution in [0.3, 0.4) is 0 Å². The smallest absolute Gasteiger partial charge is 0.123 e. The van der Waals surface area contributed by atoms with E-state index in [2.05, 4.69) is 25.0 Å². The van der Waals surface area contributed by atoms with E-state index in [1.807, 2.05) is 41.2 Å². The van der Waals surface area contributed by atoms with Crippen molar-refractivity contribution in [1.29, 1.82) is 0 Å². The van der Waals surface area contributed by atoms with Crippen molar-refractivity contribution in [2.75, 3.05) is 0 Å². The maximum Gasteiger partial charge on any atom is 0.123 e. The van der Waals surface area contributed by atoms with Gasteiger partial charge in [0.25, 0.3) is 0 Å². The molecule has 2 atom stereocenters. The molecule has 0 saturated carbocycles. The lowest BCUT2D eigenvalue weighted by Gasteiger charge is -2.38. The van der Waals surface area contributed by atoms with Gasteiger partial charge < -0.3 is 5.11 Å². The van der Waals surface area contributed by atoms with Crippen LogP contribution < -0.4 is 0 Å². The van der Waals surface area contributed by atoms with E-state index >= 15 is 0 Å².